The first-order valence-electron chi connectivity index (χ1n) is 4.09. The van der Waals surface area contributed by atoms with Crippen LogP contribution in [0.3, 0.4) is 0 Å². The normalized spacial score (nSPS) is 10.9. The molecule has 0 amide bonds. The summed E-state index contributed by atoms with van der Waals surface area (Å²) in [5.41, 5.74) is 6.01. The first kappa shape index (κ1) is 11.0. The smallest absolute Gasteiger partial charge is 0.147 e. The molecule has 0 atom stereocenters. The predicted molar refractivity (Wildman–Crippen MR) is 56.1 cm³/mol. The van der Waals surface area contributed by atoms with Gasteiger partial charge in [0, 0.05) is 12.1 Å². The zero-order chi connectivity index (χ0) is 10.6. The highest BCUT2D eigenvalue weighted by atomic mass is 35.5. The van der Waals surface area contributed by atoms with Crippen molar-refractivity contribution in [2.24, 2.45) is 5.73 Å². The zero-order valence-corrected chi connectivity index (χ0v) is 8.51. The maximum Gasteiger partial charge on any atom is 0.147 e. The Morgan fingerprint density at radius 1 is 1.57 bits per heavy atom. The van der Waals surface area contributed by atoms with Crippen molar-refractivity contribution < 1.29 is 9.13 Å². The van der Waals surface area contributed by atoms with E-state index in [0.29, 0.717) is 17.9 Å². The number of rotatable bonds is 3. The van der Waals surface area contributed by atoms with E-state index in [1.165, 1.54) is 13.2 Å². The van der Waals surface area contributed by atoms with Crippen molar-refractivity contribution in [3.05, 3.63) is 34.6 Å². The van der Waals surface area contributed by atoms with Crippen LogP contribution >= 0.6 is 11.6 Å². The summed E-state index contributed by atoms with van der Waals surface area (Å²) in [6.07, 6.45) is 3.48. The van der Waals surface area contributed by atoms with E-state index in [0.717, 1.165) is 0 Å². The SMILES string of the molecule is COc1c(/C=C/CN)ccc(F)c1Cl. The number of hydrogen-bond donors (Lipinski definition) is 1. The quantitative estimate of drug-likeness (QED) is 0.841. The van der Waals surface area contributed by atoms with Gasteiger partial charge in [-0.3, -0.25) is 0 Å². The summed E-state index contributed by atoms with van der Waals surface area (Å²) in [5.74, 6) is -0.162. The molecule has 0 unspecified atom stereocenters. The fraction of sp³-hybridized carbons (Fsp3) is 0.200. The molecule has 76 valence electrons. The Hall–Kier alpha value is -1.06. The molecule has 0 saturated heterocycles. The Balaban J connectivity index is 3.17. The van der Waals surface area contributed by atoms with Crippen molar-refractivity contribution >= 4 is 17.7 Å². The minimum Gasteiger partial charge on any atom is -0.494 e. The molecule has 2 N–H and O–H groups in total. The third kappa shape index (κ3) is 2.25. The largest absolute Gasteiger partial charge is 0.494 e. The molecule has 1 aromatic rings. The Morgan fingerprint density at radius 2 is 2.29 bits per heavy atom. The highest BCUT2D eigenvalue weighted by Crippen LogP contribution is 2.31. The van der Waals surface area contributed by atoms with E-state index < -0.39 is 5.82 Å². The molecule has 0 aliphatic carbocycles. The lowest BCUT2D eigenvalue weighted by atomic mass is 10.2. The van der Waals surface area contributed by atoms with Crippen molar-refractivity contribution in [1.29, 1.82) is 0 Å². The van der Waals surface area contributed by atoms with Crippen LogP contribution in [-0.2, 0) is 0 Å². The number of nitrogens with two attached hydrogens (primary N) is 1. The van der Waals surface area contributed by atoms with Crippen LogP contribution in [0.25, 0.3) is 6.08 Å². The van der Waals surface area contributed by atoms with Gasteiger partial charge < -0.3 is 10.5 Å². The molecule has 14 heavy (non-hydrogen) atoms. The van der Waals surface area contributed by atoms with Crippen LogP contribution in [0.4, 0.5) is 4.39 Å². The second-order valence-electron chi connectivity index (χ2n) is 2.62. The van der Waals surface area contributed by atoms with Crippen LogP contribution in [-0.4, -0.2) is 13.7 Å². The van der Waals surface area contributed by atoms with Gasteiger partial charge in [-0.2, -0.15) is 0 Å². The van der Waals surface area contributed by atoms with Gasteiger partial charge in [-0.15, -0.1) is 0 Å². The minimum atomic E-state index is -0.492. The molecule has 0 aliphatic rings. The predicted octanol–water partition coefficient (Wildman–Crippen LogP) is 2.46. The third-order valence-electron chi connectivity index (χ3n) is 1.72. The van der Waals surface area contributed by atoms with Crippen LogP contribution in [0.5, 0.6) is 5.75 Å². The fourth-order valence-electron chi connectivity index (χ4n) is 1.08. The standard InChI is InChI=1S/C10H11ClFNO/c1-14-10-7(3-2-6-13)4-5-8(12)9(10)11/h2-5H,6,13H2,1H3/b3-2+. The van der Waals surface area contributed by atoms with Crippen molar-refractivity contribution in [2.75, 3.05) is 13.7 Å². The zero-order valence-electron chi connectivity index (χ0n) is 7.76. The Morgan fingerprint density at radius 3 is 2.86 bits per heavy atom. The van der Waals surface area contributed by atoms with E-state index in [-0.39, 0.29) is 5.02 Å². The first-order chi connectivity index (χ1) is 6.70. The number of benzene rings is 1. The summed E-state index contributed by atoms with van der Waals surface area (Å²) in [4.78, 5) is 0. The van der Waals surface area contributed by atoms with Crippen molar-refractivity contribution in [3.63, 3.8) is 0 Å². The van der Waals surface area contributed by atoms with Crippen molar-refractivity contribution in [2.45, 2.75) is 0 Å². The maximum atomic E-state index is 13.0. The molecule has 0 bridgehead atoms. The van der Waals surface area contributed by atoms with Crippen LogP contribution in [0, 0.1) is 5.82 Å². The van der Waals surface area contributed by atoms with Crippen LogP contribution in [0.15, 0.2) is 18.2 Å². The highest BCUT2D eigenvalue weighted by Gasteiger charge is 2.09. The second kappa shape index (κ2) is 4.98. The second-order valence-corrected chi connectivity index (χ2v) is 3.00. The monoisotopic (exact) mass is 215 g/mol. The summed E-state index contributed by atoms with van der Waals surface area (Å²) in [6.45, 7) is 0.415. The summed E-state index contributed by atoms with van der Waals surface area (Å²) in [7, 11) is 1.44. The van der Waals surface area contributed by atoms with Gasteiger partial charge in [0.25, 0.3) is 0 Å². The fourth-order valence-corrected chi connectivity index (χ4v) is 1.33. The molecule has 0 spiro atoms. The van der Waals surface area contributed by atoms with E-state index in [1.807, 2.05) is 0 Å². The van der Waals surface area contributed by atoms with Gasteiger partial charge >= 0.3 is 0 Å². The van der Waals surface area contributed by atoms with Crippen molar-refractivity contribution in [1.82, 2.24) is 0 Å². The van der Waals surface area contributed by atoms with E-state index >= 15 is 0 Å². The van der Waals surface area contributed by atoms with E-state index in [2.05, 4.69) is 0 Å². The van der Waals surface area contributed by atoms with Gasteiger partial charge in [0.05, 0.1) is 7.11 Å². The summed E-state index contributed by atoms with van der Waals surface area (Å²) < 4.78 is 18.0. The van der Waals surface area contributed by atoms with Crippen LogP contribution in [0.1, 0.15) is 5.56 Å². The summed E-state index contributed by atoms with van der Waals surface area (Å²) in [6, 6.07) is 2.88. The molecule has 0 aliphatic heterocycles. The molecule has 0 fully saturated rings. The van der Waals surface area contributed by atoms with Gasteiger partial charge in [0.1, 0.15) is 16.6 Å². The van der Waals surface area contributed by atoms with Gasteiger partial charge in [0.15, 0.2) is 0 Å². The van der Waals surface area contributed by atoms with Crippen molar-refractivity contribution in [3.8, 4) is 5.75 Å². The first-order valence-corrected chi connectivity index (χ1v) is 4.47. The molecule has 4 heteroatoms. The van der Waals surface area contributed by atoms with Gasteiger partial charge in [-0.1, -0.05) is 23.8 Å². The molecule has 1 aromatic carbocycles. The Kier molecular flexibility index (Phi) is 3.92. The number of hydrogen-bond acceptors (Lipinski definition) is 2. The molecule has 0 heterocycles. The molecule has 0 radical (unpaired) electrons. The van der Waals surface area contributed by atoms with Gasteiger partial charge in [-0.05, 0) is 12.1 Å². The van der Waals surface area contributed by atoms with E-state index in [4.69, 9.17) is 22.1 Å². The molecule has 0 aromatic heterocycles. The molecular weight excluding hydrogens is 205 g/mol. The summed E-state index contributed by atoms with van der Waals surface area (Å²) >= 11 is 5.71. The maximum absolute atomic E-state index is 13.0. The molecule has 0 saturated carbocycles. The summed E-state index contributed by atoms with van der Waals surface area (Å²) in [5, 5.41) is -0.00771. The highest BCUT2D eigenvalue weighted by molar-refractivity contribution is 6.32. The average Bonchev–Trinajstić information content (AvgIpc) is 2.20. The lowest BCUT2D eigenvalue weighted by Gasteiger charge is -2.07. The average molecular weight is 216 g/mol. The molecular formula is C10H11ClFNO. The molecule has 2 nitrogen and oxygen atoms in total. The lowest BCUT2D eigenvalue weighted by molar-refractivity contribution is 0.410. The number of ether oxygens (including phenoxy) is 1. The van der Waals surface area contributed by atoms with Crippen LogP contribution < -0.4 is 10.5 Å². The Bertz CT molecular complexity index is 352. The number of methoxy groups -OCH3 is 1. The van der Waals surface area contributed by atoms with E-state index in [1.54, 1.807) is 18.2 Å². The van der Waals surface area contributed by atoms with Gasteiger partial charge in [-0.25, -0.2) is 4.39 Å². The third-order valence-corrected chi connectivity index (χ3v) is 2.07. The molecule has 1 rings (SSSR count). The van der Waals surface area contributed by atoms with Gasteiger partial charge in [0.2, 0.25) is 0 Å². The van der Waals surface area contributed by atoms with E-state index in [9.17, 15) is 4.39 Å². The number of halogens is 2. The van der Waals surface area contributed by atoms with Crippen LogP contribution in [0.2, 0.25) is 5.02 Å². The minimum absolute atomic E-state index is 0.00771. The lowest BCUT2D eigenvalue weighted by Crippen LogP contribution is -1.94. The topological polar surface area (TPSA) is 35.2 Å². The Labute approximate surface area is 87.1 Å².